The van der Waals surface area contributed by atoms with Crippen molar-refractivity contribution >= 4 is 11.0 Å². The standard InChI is InChI=1S/C15H17FN2O4/c1-20-12-4-3-10-15(18-12)14(9(16)8-17-10)11(19)7-13-21-5-2-6-22-13/h3-4,8,11,13,19H,2,5-7H2,1H3. The van der Waals surface area contributed by atoms with E-state index in [1.165, 1.54) is 7.11 Å². The smallest absolute Gasteiger partial charge is 0.213 e. The van der Waals surface area contributed by atoms with Crippen molar-refractivity contribution in [3.8, 4) is 5.88 Å². The molecule has 0 spiro atoms. The van der Waals surface area contributed by atoms with Crippen LogP contribution in [-0.2, 0) is 9.47 Å². The van der Waals surface area contributed by atoms with Crippen LogP contribution in [0.1, 0.15) is 24.5 Å². The maximum atomic E-state index is 14.2. The summed E-state index contributed by atoms with van der Waals surface area (Å²) in [7, 11) is 1.47. The first-order chi connectivity index (χ1) is 10.7. The van der Waals surface area contributed by atoms with Crippen molar-refractivity contribution in [2.75, 3.05) is 20.3 Å². The second kappa shape index (κ2) is 6.51. The van der Waals surface area contributed by atoms with Crippen LogP contribution in [0.15, 0.2) is 18.3 Å². The summed E-state index contributed by atoms with van der Waals surface area (Å²) in [5, 5.41) is 10.4. The molecule has 1 saturated heterocycles. The molecule has 1 aliphatic rings. The van der Waals surface area contributed by atoms with E-state index in [0.717, 1.165) is 12.6 Å². The number of aliphatic hydroxyl groups excluding tert-OH is 1. The molecule has 1 aliphatic heterocycles. The molecule has 0 bridgehead atoms. The van der Waals surface area contributed by atoms with E-state index in [1.54, 1.807) is 12.1 Å². The van der Waals surface area contributed by atoms with Gasteiger partial charge in [-0.1, -0.05) is 0 Å². The van der Waals surface area contributed by atoms with Crippen molar-refractivity contribution < 1.29 is 23.7 Å². The van der Waals surface area contributed by atoms with Crippen LogP contribution in [0.5, 0.6) is 5.88 Å². The summed E-state index contributed by atoms with van der Waals surface area (Å²) in [6.45, 7) is 1.14. The summed E-state index contributed by atoms with van der Waals surface area (Å²) in [6, 6.07) is 3.31. The quantitative estimate of drug-likeness (QED) is 0.931. The van der Waals surface area contributed by atoms with E-state index in [4.69, 9.17) is 14.2 Å². The minimum atomic E-state index is -1.10. The fourth-order valence-corrected chi connectivity index (χ4v) is 2.45. The van der Waals surface area contributed by atoms with Gasteiger partial charge in [-0.05, 0) is 12.5 Å². The Kier molecular flexibility index (Phi) is 4.47. The molecule has 22 heavy (non-hydrogen) atoms. The molecule has 1 fully saturated rings. The van der Waals surface area contributed by atoms with Gasteiger partial charge in [-0.2, -0.15) is 0 Å². The van der Waals surface area contributed by atoms with Crippen molar-refractivity contribution in [1.82, 2.24) is 9.97 Å². The number of hydrogen-bond donors (Lipinski definition) is 1. The van der Waals surface area contributed by atoms with Gasteiger partial charge in [0, 0.05) is 18.1 Å². The molecule has 7 heteroatoms. The van der Waals surface area contributed by atoms with Gasteiger partial charge in [-0.3, -0.25) is 4.98 Å². The van der Waals surface area contributed by atoms with E-state index in [2.05, 4.69) is 9.97 Å². The van der Waals surface area contributed by atoms with Gasteiger partial charge in [-0.25, -0.2) is 9.37 Å². The first kappa shape index (κ1) is 15.1. The first-order valence-corrected chi connectivity index (χ1v) is 7.09. The second-order valence-electron chi connectivity index (χ2n) is 5.02. The van der Waals surface area contributed by atoms with Crippen LogP contribution in [0.2, 0.25) is 0 Å². The molecule has 2 aromatic heterocycles. The van der Waals surface area contributed by atoms with Crippen molar-refractivity contribution in [3.63, 3.8) is 0 Å². The summed E-state index contributed by atoms with van der Waals surface area (Å²) in [5.74, 6) is -0.282. The van der Waals surface area contributed by atoms with Gasteiger partial charge in [0.05, 0.1) is 38.1 Å². The van der Waals surface area contributed by atoms with Gasteiger partial charge in [0.1, 0.15) is 11.3 Å². The monoisotopic (exact) mass is 308 g/mol. The minimum absolute atomic E-state index is 0.0849. The van der Waals surface area contributed by atoms with Crippen LogP contribution >= 0.6 is 0 Å². The van der Waals surface area contributed by atoms with Crippen LogP contribution in [-0.4, -0.2) is 41.7 Å². The Morgan fingerprint density at radius 1 is 1.41 bits per heavy atom. The van der Waals surface area contributed by atoms with Gasteiger partial charge < -0.3 is 19.3 Å². The Bertz CT molecular complexity index is 661. The lowest BCUT2D eigenvalue weighted by molar-refractivity contribution is -0.191. The molecule has 3 heterocycles. The van der Waals surface area contributed by atoms with E-state index < -0.39 is 18.2 Å². The predicted molar refractivity (Wildman–Crippen MR) is 75.9 cm³/mol. The molecule has 0 radical (unpaired) electrons. The summed E-state index contributed by atoms with van der Waals surface area (Å²) in [6.07, 6.45) is 0.384. The van der Waals surface area contributed by atoms with Gasteiger partial charge in [0.15, 0.2) is 6.29 Å². The summed E-state index contributed by atoms with van der Waals surface area (Å²) >= 11 is 0. The number of hydrogen-bond acceptors (Lipinski definition) is 6. The Morgan fingerprint density at radius 2 is 2.18 bits per heavy atom. The fraction of sp³-hybridized carbons (Fsp3) is 0.467. The SMILES string of the molecule is COc1ccc2ncc(F)c(C(O)CC3OCCCO3)c2n1. The number of aromatic nitrogens is 2. The van der Waals surface area contributed by atoms with Crippen LogP contribution in [0.25, 0.3) is 11.0 Å². The third kappa shape index (κ3) is 3.01. The van der Waals surface area contributed by atoms with Crippen molar-refractivity contribution in [3.05, 3.63) is 29.7 Å². The number of nitrogens with zero attached hydrogens (tertiary/aromatic N) is 2. The van der Waals surface area contributed by atoms with Crippen LogP contribution < -0.4 is 4.74 Å². The highest BCUT2D eigenvalue weighted by Gasteiger charge is 2.24. The molecule has 1 N–H and O–H groups in total. The maximum absolute atomic E-state index is 14.2. The largest absolute Gasteiger partial charge is 0.481 e. The molecule has 6 nitrogen and oxygen atoms in total. The number of rotatable bonds is 4. The molecule has 118 valence electrons. The fourth-order valence-electron chi connectivity index (χ4n) is 2.45. The topological polar surface area (TPSA) is 73.7 Å². The van der Waals surface area contributed by atoms with Gasteiger partial charge >= 0.3 is 0 Å². The Balaban J connectivity index is 1.94. The highest BCUT2D eigenvalue weighted by molar-refractivity contribution is 5.78. The third-order valence-corrected chi connectivity index (χ3v) is 3.53. The van der Waals surface area contributed by atoms with Crippen molar-refractivity contribution in [2.45, 2.75) is 25.2 Å². The number of halogens is 1. The van der Waals surface area contributed by atoms with Crippen LogP contribution in [0, 0.1) is 5.82 Å². The normalized spacial score (nSPS) is 17.6. The third-order valence-electron chi connectivity index (χ3n) is 3.53. The zero-order valence-electron chi connectivity index (χ0n) is 12.2. The first-order valence-electron chi connectivity index (χ1n) is 7.09. The molecule has 0 aliphatic carbocycles. The Hall–Kier alpha value is -1.83. The van der Waals surface area contributed by atoms with E-state index >= 15 is 0 Å². The highest BCUT2D eigenvalue weighted by atomic mass is 19.1. The van der Waals surface area contributed by atoms with Gasteiger partial charge in [0.2, 0.25) is 5.88 Å². The second-order valence-corrected chi connectivity index (χ2v) is 5.02. The molecular formula is C15H17FN2O4. The number of methoxy groups -OCH3 is 1. The average molecular weight is 308 g/mol. The van der Waals surface area contributed by atoms with Crippen LogP contribution in [0.4, 0.5) is 4.39 Å². The van der Waals surface area contributed by atoms with Crippen molar-refractivity contribution in [2.24, 2.45) is 0 Å². The molecule has 0 aromatic carbocycles. The summed E-state index contributed by atoms with van der Waals surface area (Å²) < 4.78 is 30.0. The lowest BCUT2D eigenvalue weighted by Gasteiger charge is -2.25. The molecule has 0 amide bonds. The lowest BCUT2D eigenvalue weighted by atomic mass is 10.0. The molecular weight excluding hydrogens is 291 g/mol. The van der Waals surface area contributed by atoms with Gasteiger partial charge in [0.25, 0.3) is 0 Å². The van der Waals surface area contributed by atoms with Gasteiger partial charge in [-0.15, -0.1) is 0 Å². The van der Waals surface area contributed by atoms with E-state index in [-0.39, 0.29) is 17.5 Å². The van der Waals surface area contributed by atoms with E-state index in [0.29, 0.717) is 24.6 Å². The average Bonchev–Trinajstić information content (AvgIpc) is 2.55. The molecule has 0 saturated carbocycles. The van der Waals surface area contributed by atoms with Crippen molar-refractivity contribution in [1.29, 1.82) is 0 Å². The zero-order valence-corrected chi connectivity index (χ0v) is 12.2. The maximum Gasteiger partial charge on any atom is 0.213 e. The number of fused-ring (bicyclic) bond motifs is 1. The molecule has 1 unspecified atom stereocenters. The lowest BCUT2D eigenvalue weighted by Crippen LogP contribution is -2.27. The summed E-state index contributed by atoms with van der Waals surface area (Å²) in [5.41, 5.74) is 0.853. The zero-order chi connectivity index (χ0) is 15.5. The highest BCUT2D eigenvalue weighted by Crippen LogP contribution is 2.30. The number of aliphatic hydroxyl groups is 1. The van der Waals surface area contributed by atoms with E-state index in [9.17, 15) is 9.50 Å². The predicted octanol–water partition coefficient (Wildman–Crippen LogP) is 1.96. The summed E-state index contributed by atoms with van der Waals surface area (Å²) in [4.78, 5) is 8.18. The van der Waals surface area contributed by atoms with Crippen LogP contribution in [0.3, 0.4) is 0 Å². The number of ether oxygens (including phenoxy) is 3. The molecule has 3 rings (SSSR count). The Labute approximate surface area is 126 Å². The number of pyridine rings is 2. The molecule has 2 aromatic rings. The van der Waals surface area contributed by atoms with E-state index in [1.807, 2.05) is 0 Å². The minimum Gasteiger partial charge on any atom is -0.481 e. The molecule has 1 atom stereocenters. The Morgan fingerprint density at radius 3 is 2.91 bits per heavy atom.